The fraction of sp³-hybridized carbons (Fsp3) is 0.240. The quantitative estimate of drug-likeness (QED) is 0.673. The molecular formula is C25H26N2O. The lowest BCUT2D eigenvalue weighted by molar-refractivity contribution is 0.148. The van der Waals surface area contributed by atoms with Crippen LogP contribution in [0.3, 0.4) is 0 Å². The van der Waals surface area contributed by atoms with Gasteiger partial charge in [-0.05, 0) is 30.5 Å². The number of hydrogen-bond donors (Lipinski definition) is 1. The SMILES string of the molecule is CC1=NC(C(C)O)CN1C(c1ccccc1)(c1ccccc1)c1ccccc1. The Bertz CT molecular complexity index is 839. The van der Waals surface area contributed by atoms with Crippen LogP contribution in [0.5, 0.6) is 0 Å². The summed E-state index contributed by atoms with van der Waals surface area (Å²) in [6, 6.07) is 31.6. The molecule has 0 spiro atoms. The van der Waals surface area contributed by atoms with Crippen LogP contribution < -0.4 is 0 Å². The van der Waals surface area contributed by atoms with Crippen LogP contribution in [0, 0.1) is 0 Å². The van der Waals surface area contributed by atoms with Gasteiger partial charge in [-0.25, -0.2) is 0 Å². The highest BCUT2D eigenvalue weighted by atomic mass is 16.3. The van der Waals surface area contributed by atoms with E-state index >= 15 is 0 Å². The number of hydrogen-bond acceptors (Lipinski definition) is 3. The van der Waals surface area contributed by atoms with E-state index in [9.17, 15) is 5.11 Å². The zero-order valence-corrected chi connectivity index (χ0v) is 16.4. The first-order valence-electron chi connectivity index (χ1n) is 9.80. The molecule has 0 saturated heterocycles. The first-order valence-corrected chi connectivity index (χ1v) is 9.80. The van der Waals surface area contributed by atoms with Crippen LogP contribution in [0.1, 0.15) is 30.5 Å². The second-order valence-electron chi connectivity index (χ2n) is 7.40. The van der Waals surface area contributed by atoms with Gasteiger partial charge >= 0.3 is 0 Å². The third-order valence-corrected chi connectivity index (χ3v) is 5.65. The van der Waals surface area contributed by atoms with Crippen LogP contribution in [0.15, 0.2) is 96.0 Å². The maximum absolute atomic E-state index is 10.2. The smallest absolute Gasteiger partial charge is 0.117 e. The largest absolute Gasteiger partial charge is 0.391 e. The van der Waals surface area contributed by atoms with E-state index in [1.54, 1.807) is 0 Å². The highest BCUT2D eigenvalue weighted by molar-refractivity contribution is 5.84. The van der Waals surface area contributed by atoms with Crippen molar-refractivity contribution in [2.75, 3.05) is 6.54 Å². The Kier molecular flexibility index (Phi) is 5.01. The highest BCUT2D eigenvalue weighted by Gasteiger charge is 2.46. The Morgan fingerprint density at radius 3 is 1.54 bits per heavy atom. The number of aliphatic hydroxyl groups excluding tert-OH is 1. The zero-order chi connectivity index (χ0) is 19.6. The molecule has 0 aromatic heterocycles. The zero-order valence-electron chi connectivity index (χ0n) is 16.4. The molecule has 3 heteroatoms. The van der Waals surface area contributed by atoms with Gasteiger partial charge in [-0.15, -0.1) is 0 Å². The van der Waals surface area contributed by atoms with Gasteiger partial charge in [-0.1, -0.05) is 91.0 Å². The number of aliphatic hydroxyl groups is 1. The second kappa shape index (κ2) is 7.61. The molecule has 2 unspecified atom stereocenters. The molecule has 28 heavy (non-hydrogen) atoms. The standard InChI is InChI=1S/C25H26N2O/c1-19(28)24-18-27(20(2)26-24)25(21-12-6-3-7-13-21,22-14-8-4-9-15-22)23-16-10-5-11-17-23/h3-17,19,24,28H,18H2,1-2H3. The van der Waals surface area contributed by atoms with Crippen molar-refractivity contribution in [3.63, 3.8) is 0 Å². The van der Waals surface area contributed by atoms with Crippen molar-refractivity contribution in [2.45, 2.75) is 31.5 Å². The number of amidine groups is 1. The predicted octanol–water partition coefficient (Wildman–Crippen LogP) is 4.46. The molecular weight excluding hydrogens is 344 g/mol. The van der Waals surface area contributed by atoms with Crippen LogP contribution in [0.25, 0.3) is 0 Å². The Morgan fingerprint density at radius 1 is 0.821 bits per heavy atom. The monoisotopic (exact) mass is 370 g/mol. The molecule has 0 aliphatic carbocycles. The number of benzene rings is 3. The summed E-state index contributed by atoms with van der Waals surface area (Å²) < 4.78 is 0. The summed E-state index contributed by atoms with van der Waals surface area (Å²) in [5.74, 6) is 0.947. The lowest BCUT2D eigenvalue weighted by atomic mass is 9.75. The van der Waals surface area contributed by atoms with Gasteiger partial charge in [-0.2, -0.15) is 0 Å². The van der Waals surface area contributed by atoms with E-state index in [-0.39, 0.29) is 6.04 Å². The van der Waals surface area contributed by atoms with E-state index in [1.807, 2.05) is 32.0 Å². The average Bonchev–Trinajstić information content (AvgIpc) is 3.14. The lowest BCUT2D eigenvalue weighted by Crippen LogP contribution is -2.50. The molecule has 3 aromatic rings. The van der Waals surface area contributed by atoms with Gasteiger partial charge in [0.2, 0.25) is 0 Å². The minimum absolute atomic E-state index is 0.129. The van der Waals surface area contributed by atoms with Crippen LogP contribution in [-0.2, 0) is 5.54 Å². The summed E-state index contributed by atoms with van der Waals surface area (Å²) in [5.41, 5.74) is 3.05. The lowest BCUT2D eigenvalue weighted by Gasteiger charge is -2.45. The molecule has 1 aliphatic rings. The summed E-state index contributed by atoms with van der Waals surface area (Å²) in [5, 5.41) is 10.2. The van der Waals surface area contributed by atoms with Crippen LogP contribution >= 0.6 is 0 Å². The van der Waals surface area contributed by atoms with E-state index in [4.69, 9.17) is 4.99 Å². The fourth-order valence-corrected chi connectivity index (χ4v) is 4.32. The molecule has 1 heterocycles. The topological polar surface area (TPSA) is 35.8 Å². The fourth-order valence-electron chi connectivity index (χ4n) is 4.32. The maximum Gasteiger partial charge on any atom is 0.117 e. The van der Waals surface area contributed by atoms with Gasteiger partial charge in [0.05, 0.1) is 18.0 Å². The van der Waals surface area contributed by atoms with Gasteiger partial charge in [-0.3, -0.25) is 4.99 Å². The van der Waals surface area contributed by atoms with E-state index in [2.05, 4.69) is 77.7 Å². The Morgan fingerprint density at radius 2 is 1.21 bits per heavy atom. The highest BCUT2D eigenvalue weighted by Crippen LogP contribution is 2.44. The van der Waals surface area contributed by atoms with Gasteiger partial charge in [0.15, 0.2) is 0 Å². The van der Waals surface area contributed by atoms with Crippen LogP contribution in [0.4, 0.5) is 0 Å². The van der Waals surface area contributed by atoms with Gasteiger partial charge in [0.25, 0.3) is 0 Å². The summed E-state index contributed by atoms with van der Waals surface area (Å²) in [6.45, 7) is 4.54. The van der Waals surface area contributed by atoms with E-state index < -0.39 is 11.6 Å². The minimum atomic E-state index is -0.513. The van der Waals surface area contributed by atoms with Crippen LogP contribution in [-0.4, -0.2) is 34.5 Å². The summed E-state index contributed by atoms with van der Waals surface area (Å²) in [6.07, 6.45) is -0.486. The molecule has 3 aromatic carbocycles. The first-order chi connectivity index (χ1) is 13.6. The van der Waals surface area contributed by atoms with Gasteiger partial charge < -0.3 is 10.0 Å². The molecule has 3 nitrogen and oxygen atoms in total. The molecule has 0 amide bonds. The number of rotatable bonds is 5. The average molecular weight is 370 g/mol. The first kappa shape index (κ1) is 18.5. The normalized spacial score (nSPS) is 18.0. The third-order valence-electron chi connectivity index (χ3n) is 5.65. The van der Waals surface area contributed by atoms with Crippen LogP contribution in [0.2, 0.25) is 0 Å². The van der Waals surface area contributed by atoms with E-state index in [0.717, 1.165) is 5.84 Å². The molecule has 0 fully saturated rings. The Labute approximate surface area is 167 Å². The maximum atomic E-state index is 10.2. The minimum Gasteiger partial charge on any atom is -0.391 e. The third kappa shape index (κ3) is 3.02. The van der Waals surface area contributed by atoms with Crippen molar-refractivity contribution in [1.82, 2.24) is 4.90 Å². The molecule has 0 saturated carbocycles. The van der Waals surface area contributed by atoms with Crippen molar-refractivity contribution >= 4 is 5.84 Å². The van der Waals surface area contributed by atoms with Gasteiger partial charge in [0.1, 0.15) is 5.54 Å². The molecule has 1 N–H and O–H groups in total. The molecule has 0 radical (unpaired) electrons. The number of nitrogens with zero attached hydrogens (tertiary/aromatic N) is 2. The number of aliphatic imine (C=N–C) groups is 1. The van der Waals surface area contributed by atoms with E-state index in [1.165, 1.54) is 16.7 Å². The Hall–Kier alpha value is -2.91. The van der Waals surface area contributed by atoms with E-state index in [0.29, 0.717) is 6.54 Å². The van der Waals surface area contributed by atoms with Crippen molar-refractivity contribution in [2.24, 2.45) is 4.99 Å². The molecule has 1 aliphatic heterocycles. The summed E-state index contributed by atoms with van der Waals surface area (Å²) in [4.78, 5) is 7.16. The van der Waals surface area contributed by atoms with Crippen molar-refractivity contribution in [1.29, 1.82) is 0 Å². The molecule has 142 valence electrons. The summed E-state index contributed by atoms with van der Waals surface area (Å²) >= 11 is 0. The Balaban J connectivity index is 2.02. The summed E-state index contributed by atoms with van der Waals surface area (Å²) in [7, 11) is 0. The predicted molar refractivity (Wildman–Crippen MR) is 114 cm³/mol. The van der Waals surface area contributed by atoms with Crippen molar-refractivity contribution in [3.05, 3.63) is 108 Å². The van der Waals surface area contributed by atoms with Gasteiger partial charge in [0, 0.05) is 6.54 Å². The molecule has 4 rings (SSSR count). The van der Waals surface area contributed by atoms with Crippen molar-refractivity contribution in [3.8, 4) is 0 Å². The molecule has 2 atom stereocenters. The second-order valence-corrected chi connectivity index (χ2v) is 7.40. The van der Waals surface area contributed by atoms with Crippen molar-refractivity contribution < 1.29 is 5.11 Å². The molecule has 0 bridgehead atoms.